The number of hydrogen-bond acceptors (Lipinski definition) is 3. The number of H-pyrrole nitrogens is 1. The third-order valence-electron chi connectivity index (χ3n) is 5.09. The third-order valence-corrected chi connectivity index (χ3v) is 5.09. The summed E-state index contributed by atoms with van der Waals surface area (Å²) in [7, 11) is 0. The molecule has 1 atom stereocenters. The summed E-state index contributed by atoms with van der Waals surface area (Å²) in [6.07, 6.45) is 2.29. The fraction of sp³-hybridized carbons (Fsp3) is 0.333. The number of carbonyl (C=O) groups is 1. The van der Waals surface area contributed by atoms with E-state index in [9.17, 15) is 9.90 Å². The lowest BCUT2D eigenvalue weighted by Crippen LogP contribution is -2.30. The molecular formula is C21H23N3O2. The van der Waals surface area contributed by atoms with Gasteiger partial charge in [-0.15, -0.1) is 0 Å². The number of amides is 1. The number of carbonyl (C=O) groups excluding carboxylic acids is 1. The molecule has 1 aliphatic heterocycles. The number of nitrogens with zero attached hydrogens (tertiary/aromatic N) is 2. The van der Waals surface area contributed by atoms with E-state index in [0.29, 0.717) is 12.3 Å². The van der Waals surface area contributed by atoms with Gasteiger partial charge in [0.25, 0.3) is 0 Å². The van der Waals surface area contributed by atoms with Crippen molar-refractivity contribution in [2.24, 2.45) is 5.92 Å². The van der Waals surface area contributed by atoms with E-state index in [1.165, 1.54) is 5.56 Å². The van der Waals surface area contributed by atoms with Crippen molar-refractivity contribution in [2.75, 3.05) is 13.1 Å². The average Bonchev–Trinajstić information content (AvgIpc) is 3.28. The molecule has 26 heavy (non-hydrogen) atoms. The highest BCUT2D eigenvalue weighted by atomic mass is 16.3. The van der Waals surface area contributed by atoms with Crippen LogP contribution >= 0.6 is 0 Å². The predicted molar refractivity (Wildman–Crippen MR) is 101 cm³/mol. The maximum absolute atomic E-state index is 12.6. The minimum absolute atomic E-state index is 0.0701. The molecule has 0 bridgehead atoms. The molecule has 0 spiro atoms. The molecule has 2 N–H and O–H groups in total. The second-order valence-corrected chi connectivity index (χ2v) is 7.05. The first kappa shape index (κ1) is 16.8. The van der Waals surface area contributed by atoms with Crippen molar-refractivity contribution in [2.45, 2.75) is 25.9 Å². The number of aliphatic hydroxyl groups excluding tert-OH is 1. The van der Waals surface area contributed by atoms with E-state index in [4.69, 9.17) is 0 Å². The SMILES string of the molecule is O=C(Cc1nc2ccccc2[nH]1)N1CC[C@@H](Cc2cccc(CO)c2)C1. The number of nitrogens with one attached hydrogen (secondary N) is 1. The Morgan fingerprint density at radius 2 is 2.04 bits per heavy atom. The molecule has 0 radical (unpaired) electrons. The van der Waals surface area contributed by atoms with Gasteiger partial charge in [0.15, 0.2) is 0 Å². The minimum atomic E-state index is 0.0701. The second kappa shape index (κ2) is 7.30. The largest absolute Gasteiger partial charge is 0.392 e. The van der Waals surface area contributed by atoms with Gasteiger partial charge in [-0.05, 0) is 42.0 Å². The molecule has 0 saturated carbocycles. The first-order chi connectivity index (χ1) is 12.7. The predicted octanol–water partition coefficient (Wildman–Crippen LogP) is 2.69. The summed E-state index contributed by atoms with van der Waals surface area (Å²) in [5.41, 5.74) is 4.04. The molecule has 3 aromatic rings. The van der Waals surface area contributed by atoms with E-state index in [-0.39, 0.29) is 12.5 Å². The topological polar surface area (TPSA) is 69.2 Å². The summed E-state index contributed by atoms with van der Waals surface area (Å²) in [5, 5.41) is 9.27. The van der Waals surface area contributed by atoms with Gasteiger partial charge in [0.2, 0.25) is 5.91 Å². The lowest BCUT2D eigenvalue weighted by molar-refractivity contribution is -0.129. The Labute approximate surface area is 152 Å². The average molecular weight is 349 g/mol. The summed E-state index contributed by atoms with van der Waals surface area (Å²) in [4.78, 5) is 22.3. The number of benzene rings is 2. The highest BCUT2D eigenvalue weighted by Gasteiger charge is 2.26. The lowest BCUT2D eigenvalue weighted by Gasteiger charge is -2.16. The van der Waals surface area contributed by atoms with Crippen LogP contribution in [0.2, 0.25) is 0 Å². The number of fused-ring (bicyclic) bond motifs is 1. The van der Waals surface area contributed by atoms with Crippen molar-refractivity contribution in [3.63, 3.8) is 0 Å². The first-order valence-corrected chi connectivity index (χ1v) is 9.11. The molecule has 1 fully saturated rings. The quantitative estimate of drug-likeness (QED) is 0.744. The molecule has 2 heterocycles. The summed E-state index contributed by atoms with van der Waals surface area (Å²) in [6.45, 7) is 1.67. The van der Waals surface area contributed by atoms with Crippen LogP contribution in [0.1, 0.15) is 23.4 Å². The Hall–Kier alpha value is -2.66. The second-order valence-electron chi connectivity index (χ2n) is 7.05. The van der Waals surface area contributed by atoms with Gasteiger partial charge in [0.05, 0.1) is 24.1 Å². The zero-order valence-electron chi connectivity index (χ0n) is 14.7. The number of rotatable bonds is 5. The molecule has 5 heteroatoms. The number of hydrogen-bond donors (Lipinski definition) is 2. The maximum Gasteiger partial charge on any atom is 0.230 e. The molecule has 2 aromatic carbocycles. The Morgan fingerprint density at radius 1 is 1.19 bits per heavy atom. The Morgan fingerprint density at radius 3 is 2.88 bits per heavy atom. The number of aromatic nitrogens is 2. The highest BCUT2D eigenvalue weighted by Crippen LogP contribution is 2.22. The van der Waals surface area contributed by atoms with Crippen molar-refractivity contribution < 1.29 is 9.90 Å². The molecule has 0 aliphatic carbocycles. The number of likely N-dealkylation sites (tertiary alicyclic amines) is 1. The molecular weight excluding hydrogens is 326 g/mol. The van der Waals surface area contributed by atoms with E-state index in [2.05, 4.69) is 22.1 Å². The summed E-state index contributed by atoms with van der Waals surface area (Å²) >= 11 is 0. The van der Waals surface area contributed by atoms with Crippen LogP contribution in [0.3, 0.4) is 0 Å². The number of aromatic amines is 1. The normalized spacial score (nSPS) is 17.1. The van der Waals surface area contributed by atoms with Crippen LogP contribution in [0, 0.1) is 5.92 Å². The summed E-state index contributed by atoms with van der Waals surface area (Å²) < 4.78 is 0. The van der Waals surface area contributed by atoms with Crippen molar-refractivity contribution >= 4 is 16.9 Å². The number of para-hydroxylation sites is 2. The van der Waals surface area contributed by atoms with Gasteiger partial charge < -0.3 is 15.0 Å². The molecule has 0 unspecified atom stereocenters. The Balaban J connectivity index is 1.36. The van der Waals surface area contributed by atoms with Crippen LogP contribution in [0.25, 0.3) is 11.0 Å². The molecule has 1 saturated heterocycles. The fourth-order valence-electron chi connectivity index (χ4n) is 3.76. The molecule has 1 aliphatic rings. The monoisotopic (exact) mass is 349 g/mol. The van der Waals surface area contributed by atoms with Gasteiger partial charge in [0.1, 0.15) is 5.82 Å². The van der Waals surface area contributed by atoms with Gasteiger partial charge in [-0.25, -0.2) is 4.98 Å². The molecule has 1 amide bonds. The summed E-state index contributed by atoms with van der Waals surface area (Å²) in [5.74, 6) is 1.34. The van der Waals surface area contributed by atoms with Crippen molar-refractivity contribution in [3.05, 3.63) is 65.5 Å². The van der Waals surface area contributed by atoms with E-state index in [1.807, 2.05) is 41.3 Å². The van der Waals surface area contributed by atoms with Crippen LogP contribution in [-0.4, -0.2) is 39.0 Å². The minimum Gasteiger partial charge on any atom is -0.392 e. The number of imidazole rings is 1. The van der Waals surface area contributed by atoms with Gasteiger partial charge >= 0.3 is 0 Å². The van der Waals surface area contributed by atoms with Crippen LogP contribution in [0.4, 0.5) is 0 Å². The van der Waals surface area contributed by atoms with E-state index >= 15 is 0 Å². The van der Waals surface area contributed by atoms with Crippen LogP contribution < -0.4 is 0 Å². The lowest BCUT2D eigenvalue weighted by atomic mass is 9.97. The van der Waals surface area contributed by atoms with Gasteiger partial charge in [0, 0.05) is 13.1 Å². The standard InChI is InChI=1S/C21H23N3O2/c25-14-17-5-3-4-15(11-17)10-16-8-9-24(13-16)21(26)12-20-22-18-6-1-2-7-19(18)23-20/h1-7,11,16,25H,8-10,12-14H2,(H,22,23)/t16-/m0/s1. The van der Waals surface area contributed by atoms with Crippen molar-refractivity contribution in [3.8, 4) is 0 Å². The molecule has 5 nitrogen and oxygen atoms in total. The Bertz CT molecular complexity index is 885. The highest BCUT2D eigenvalue weighted by molar-refractivity contribution is 5.80. The zero-order valence-corrected chi connectivity index (χ0v) is 14.7. The molecule has 1 aromatic heterocycles. The van der Waals surface area contributed by atoms with E-state index in [1.54, 1.807) is 0 Å². The van der Waals surface area contributed by atoms with Gasteiger partial charge in [-0.2, -0.15) is 0 Å². The van der Waals surface area contributed by atoms with E-state index in [0.717, 1.165) is 48.4 Å². The van der Waals surface area contributed by atoms with Gasteiger partial charge in [-0.1, -0.05) is 36.4 Å². The Kier molecular flexibility index (Phi) is 4.71. The smallest absolute Gasteiger partial charge is 0.230 e. The number of aliphatic hydroxyl groups is 1. The van der Waals surface area contributed by atoms with Gasteiger partial charge in [-0.3, -0.25) is 4.79 Å². The van der Waals surface area contributed by atoms with Crippen LogP contribution in [-0.2, 0) is 24.2 Å². The summed E-state index contributed by atoms with van der Waals surface area (Å²) in [6, 6.07) is 15.9. The fourth-order valence-corrected chi connectivity index (χ4v) is 3.76. The third kappa shape index (κ3) is 3.63. The molecule has 134 valence electrons. The van der Waals surface area contributed by atoms with Crippen molar-refractivity contribution in [1.82, 2.24) is 14.9 Å². The zero-order chi connectivity index (χ0) is 17.9. The van der Waals surface area contributed by atoms with Crippen LogP contribution in [0.15, 0.2) is 48.5 Å². The van der Waals surface area contributed by atoms with Crippen LogP contribution in [0.5, 0.6) is 0 Å². The first-order valence-electron chi connectivity index (χ1n) is 9.11. The molecule has 4 rings (SSSR count). The van der Waals surface area contributed by atoms with Crippen molar-refractivity contribution in [1.29, 1.82) is 0 Å². The van der Waals surface area contributed by atoms with E-state index < -0.39 is 0 Å². The maximum atomic E-state index is 12.6.